The molecule has 0 bridgehead atoms. The third-order valence-electron chi connectivity index (χ3n) is 4.74. The molecule has 13 heteroatoms. The van der Waals surface area contributed by atoms with Crippen LogP contribution in [-0.4, -0.2) is 51.6 Å². The Morgan fingerprint density at radius 1 is 1.11 bits per heavy atom. The quantitative estimate of drug-likeness (QED) is 0.229. The van der Waals surface area contributed by atoms with Gasteiger partial charge >= 0.3 is 0 Å². The van der Waals surface area contributed by atoms with Gasteiger partial charge in [-0.05, 0) is 35.9 Å². The van der Waals surface area contributed by atoms with Gasteiger partial charge in [0.25, 0.3) is 5.91 Å². The van der Waals surface area contributed by atoms with Crippen molar-refractivity contribution in [2.75, 3.05) is 25.0 Å². The molecule has 0 atom stereocenters. The van der Waals surface area contributed by atoms with E-state index >= 15 is 0 Å². The van der Waals surface area contributed by atoms with Gasteiger partial charge in [0.15, 0.2) is 10.8 Å². The van der Waals surface area contributed by atoms with Crippen LogP contribution >= 0.6 is 22.9 Å². The number of carbonyl (C=O) groups excluding carboxylic acids is 2. The second-order valence-electron chi connectivity index (χ2n) is 7.35. The number of nitrogens with zero attached hydrogens (tertiary/aromatic N) is 3. The van der Waals surface area contributed by atoms with Crippen molar-refractivity contribution in [1.82, 2.24) is 25.6 Å². The van der Waals surface area contributed by atoms with Gasteiger partial charge in [0, 0.05) is 18.8 Å². The number of thiazole rings is 1. The van der Waals surface area contributed by atoms with E-state index in [1.54, 1.807) is 30.3 Å². The van der Waals surface area contributed by atoms with E-state index < -0.39 is 18.4 Å². The highest BCUT2D eigenvalue weighted by molar-refractivity contribution is 7.19. The minimum atomic E-state index is -0.615. The first-order chi connectivity index (χ1) is 17.4. The number of aromatic nitrogens is 3. The van der Waals surface area contributed by atoms with E-state index in [9.17, 15) is 14.0 Å². The van der Waals surface area contributed by atoms with Crippen LogP contribution in [0.2, 0.25) is 5.02 Å². The molecule has 0 saturated carbocycles. The smallest absolute Gasteiger partial charge is 0.280 e. The molecule has 0 unspecified atom stereocenters. The third-order valence-corrected chi connectivity index (χ3v) is 6.00. The zero-order valence-corrected chi connectivity index (χ0v) is 20.2. The molecule has 0 spiro atoms. The molecule has 0 saturated heterocycles. The molecule has 0 aliphatic rings. The van der Waals surface area contributed by atoms with Crippen molar-refractivity contribution in [3.05, 3.63) is 70.2 Å². The van der Waals surface area contributed by atoms with E-state index in [1.165, 1.54) is 18.5 Å². The maximum atomic E-state index is 13.3. The van der Waals surface area contributed by atoms with Gasteiger partial charge in [0.1, 0.15) is 41.5 Å². The Bertz CT molecular complexity index is 1400. The van der Waals surface area contributed by atoms with Gasteiger partial charge in [0.2, 0.25) is 5.91 Å². The SMILES string of the molecule is O=C(CO)NCCNC(=O)c1nc2c(Nc3ccc(OCc4cccc(F)c4)c(Cl)c3)ncnc2s1. The first-order valence-corrected chi connectivity index (χ1v) is 11.8. The minimum Gasteiger partial charge on any atom is -0.487 e. The summed E-state index contributed by atoms with van der Waals surface area (Å²) in [5.74, 6) is -0.476. The van der Waals surface area contributed by atoms with E-state index in [1.807, 2.05) is 0 Å². The third kappa shape index (κ3) is 6.42. The highest BCUT2D eigenvalue weighted by Crippen LogP contribution is 2.31. The van der Waals surface area contributed by atoms with Gasteiger partial charge in [0.05, 0.1) is 5.02 Å². The lowest BCUT2D eigenvalue weighted by Crippen LogP contribution is -2.35. The molecule has 0 aliphatic carbocycles. The fourth-order valence-electron chi connectivity index (χ4n) is 3.07. The number of rotatable bonds is 10. The summed E-state index contributed by atoms with van der Waals surface area (Å²) in [4.78, 5) is 36.7. The van der Waals surface area contributed by atoms with Crippen molar-refractivity contribution in [1.29, 1.82) is 0 Å². The Morgan fingerprint density at radius 2 is 1.94 bits per heavy atom. The van der Waals surface area contributed by atoms with Crippen LogP contribution in [0.1, 0.15) is 15.4 Å². The first kappa shape index (κ1) is 25.2. The Morgan fingerprint density at radius 3 is 2.72 bits per heavy atom. The molecule has 0 aliphatic heterocycles. The summed E-state index contributed by atoms with van der Waals surface area (Å²) in [6.45, 7) is -0.112. The topological polar surface area (TPSA) is 138 Å². The van der Waals surface area contributed by atoms with Crippen LogP contribution in [0.3, 0.4) is 0 Å². The summed E-state index contributed by atoms with van der Waals surface area (Å²) in [7, 11) is 0. The van der Waals surface area contributed by atoms with E-state index in [0.29, 0.717) is 38.2 Å². The molecule has 10 nitrogen and oxygen atoms in total. The van der Waals surface area contributed by atoms with Gasteiger partial charge < -0.3 is 25.8 Å². The number of ether oxygens (including phenoxy) is 1. The molecule has 4 N–H and O–H groups in total. The van der Waals surface area contributed by atoms with Crippen molar-refractivity contribution in [3.8, 4) is 5.75 Å². The van der Waals surface area contributed by atoms with Crippen LogP contribution < -0.4 is 20.7 Å². The molecule has 2 aromatic heterocycles. The number of amides is 2. The van der Waals surface area contributed by atoms with Gasteiger partial charge in [-0.25, -0.2) is 19.3 Å². The molecule has 186 valence electrons. The summed E-state index contributed by atoms with van der Waals surface area (Å²) in [6, 6.07) is 11.2. The zero-order chi connectivity index (χ0) is 25.5. The minimum absolute atomic E-state index is 0.161. The van der Waals surface area contributed by atoms with Gasteiger partial charge in [-0.15, -0.1) is 0 Å². The van der Waals surface area contributed by atoms with Crippen LogP contribution in [0.25, 0.3) is 10.3 Å². The highest BCUT2D eigenvalue weighted by Gasteiger charge is 2.16. The van der Waals surface area contributed by atoms with E-state index in [4.69, 9.17) is 21.4 Å². The number of hydrogen-bond donors (Lipinski definition) is 4. The maximum absolute atomic E-state index is 13.3. The van der Waals surface area contributed by atoms with Gasteiger partial charge in [-0.2, -0.15) is 0 Å². The molecule has 2 amide bonds. The Labute approximate surface area is 213 Å². The Balaban J connectivity index is 1.41. The van der Waals surface area contributed by atoms with Crippen molar-refractivity contribution in [3.63, 3.8) is 0 Å². The number of benzene rings is 2. The molecular weight excluding hydrogens is 511 g/mol. The number of fused-ring (bicyclic) bond motifs is 1. The molecule has 36 heavy (non-hydrogen) atoms. The lowest BCUT2D eigenvalue weighted by molar-refractivity contribution is -0.123. The first-order valence-electron chi connectivity index (χ1n) is 10.6. The predicted octanol–water partition coefficient (Wildman–Crippen LogP) is 3.04. The number of anilines is 2. The van der Waals surface area contributed by atoms with Crippen LogP contribution in [0, 0.1) is 5.82 Å². The van der Waals surface area contributed by atoms with Crippen LogP contribution in [0.4, 0.5) is 15.9 Å². The van der Waals surface area contributed by atoms with Crippen molar-refractivity contribution >= 4 is 56.6 Å². The predicted molar refractivity (Wildman–Crippen MR) is 133 cm³/mol. The Hall–Kier alpha value is -3.87. The van der Waals surface area contributed by atoms with Crippen molar-refractivity contribution in [2.45, 2.75) is 6.61 Å². The number of carbonyl (C=O) groups is 2. The summed E-state index contributed by atoms with van der Waals surface area (Å²) >= 11 is 7.46. The van der Waals surface area contributed by atoms with Crippen LogP contribution in [0.15, 0.2) is 48.8 Å². The number of aliphatic hydroxyl groups excluding tert-OH is 1. The molecule has 4 rings (SSSR count). The van der Waals surface area contributed by atoms with E-state index in [0.717, 1.165) is 11.3 Å². The second-order valence-corrected chi connectivity index (χ2v) is 8.73. The average molecular weight is 531 g/mol. The van der Waals surface area contributed by atoms with Crippen LogP contribution in [-0.2, 0) is 11.4 Å². The summed E-state index contributed by atoms with van der Waals surface area (Å²) in [6.07, 6.45) is 1.35. The molecular formula is C23H20ClFN6O4S. The second kappa shape index (κ2) is 11.7. The summed E-state index contributed by atoms with van der Waals surface area (Å²) in [5.41, 5.74) is 1.69. The lowest BCUT2D eigenvalue weighted by atomic mass is 10.2. The average Bonchev–Trinajstić information content (AvgIpc) is 3.31. The normalized spacial score (nSPS) is 10.8. The largest absolute Gasteiger partial charge is 0.487 e. The molecule has 2 aromatic carbocycles. The van der Waals surface area contributed by atoms with Gasteiger partial charge in [-0.3, -0.25) is 9.59 Å². The van der Waals surface area contributed by atoms with Gasteiger partial charge in [-0.1, -0.05) is 35.1 Å². The van der Waals surface area contributed by atoms with Crippen molar-refractivity contribution in [2.24, 2.45) is 0 Å². The Kier molecular flexibility index (Phi) is 8.21. The number of halogens is 2. The molecule has 2 heterocycles. The molecule has 0 radical (unpaired) electrons. The lowest BCUT2D eigenvalue weighted by Gasteiger charge is -2.11. The van der Waals surface area contributed by atoms with Crippen molar-refractivity contribution < 1.29 is 23.8 Å². The standard InChI is InChI=1S/C23H20ClFN6O4S/c24-16-9-15(4-5-17(16)35-11-13-2-1-3-14(25)8-13)30-20-19-22(29-12-28-20)36-23(31-19)21(34)27-7-6-26-18(33)10-32/h1-5,8-9,12,32H,6-7,10-11H2,(H,26,33)(H,27,34)(H,28,29,30). The van der Waals surface area contributed by atoms with E-state index in [2.05, 4.69) is 30.9 Å². The number of aliphatic hydroxyl groups is 1. The maximum Gasteiger partial charge on any atom is 0.280 e. The number of hydrogen-bond acceptors (Lipinski definition) is 9. The zero-order valence-electron chi connectivity index (χ0n) is 18.6. The number of nitrogens with one attached hydrogen (secondary N) is 3. The fraction of sp³-hybridized carbons (Fsp3) is 0.174. The molecule has 4 aromatic rings. The summed E-state index contributed by atoms with van der Waals surface area (Å²) in [5, 5.41) is 17.4. The fourth-order valence-corrected chi connectivity index (χ4v) is 4.13. The van der Waals surface area contributed by atoms with E-state index in [-0.39, 0.29) is 30.5 Å². The van der Waals surface area contributed by atoms with Crippen LogP contribution in [0.5, 0.6) is 5.75 Å². The summed E-state index contributed by atoms with van der Waals surface area (Å²) < 4.78 is 19.0. The monoisotopic (exact) mass is 530 g/mol. The highest BCUT2D eigenvalue weighted by atomic mass is 35.5. The molecule has 0 fully saturated rings.